The van der Waals surface area contributed by atoms with Crippen molar-refractivity contribution >= 4 is 17.4 Å². The van der Waals surface area contributed by atoms with E-state index in [1.165, 1.54) is 0 Å². The topological polar surface area (TPSA) is 94.5 Å². The van der Waals surface area contributed by atoms with Crippen LogP contribution in [0.25, 0.3) is 0 Å². The molecule has 0 aliphatic heterocycles. The SMILES string of the molecule is CCCCN(CC(N)=O)c1ccc(N)c(OC(C)C)n1. The summed E-state index contributed by atoms with van der Waals surface area (Å²) in [6, 6.07) is 3.51. The zero-order chi connectivity index (χ0) is 15.1. The van der Waals surface area contributed by atoms with E-state index in [-0.39, 0.29) is 18.6 Å². The van der Waals surface area contributed by atoms with Crippen molar-refractivity contribution in [2.45, 2.75) is 39.7 Å². The highest BCUT2D eigenvalue weighted by atomic mass is 16.5. The predicted molar refractivity (Wildman–Crippen MR) is 80.7 cm³/mol. The molecule has 1 amide bonds. The largest absolute Gasteiger partial charge is 0.473 e. The Kier molecular flexibility index (Phi) is 6.09. The van der Waals surface area contributed by atoms with Crippen LogP contribution in [0.1, 0.15) is 33.6 Å². The number of pyridine rings is 1. The summed E-state index contributed by atoms with van der Waals surface area (Å²) in [6.07, 6.45) is 1.97. The van der Waals surface area contributed by atoms with Crippen LogP contribution < -0.4 is 21.1 Å². The van der Waals surface area contributed by atoms with Gasteiger partial charge in [-0.2, -0.15) is 4.98 Å². The molecule has 4 N–H and O–H groups in total. The number of ether oxygens (including phenoxy) is 1. The summed E-state index contributed by atoms with van der Waals surface area (Å²) < 4.78 is 5.57. The number of anilines is 2. The fraction of sp³-hybridized carbons (Fsp3) is 0.571. The highest BCUT2D eigenvalue weighted by Crippen LogP contribution is 2.24. The van der Waals surface area contributed by atoms with Crippen molar-refractivity contribution in [2.75, 3.05) is 23.7 Å². The molecule has 0 unspecified atom stereocenters. The average Bonchev–Trinajstić information content (AvgIpc) is 2.36. The van der Waals surface area contributed by atoms with Crippen molar-refractivity contribution in [3.05, 3.63) is 12.1 Å². The fourth-order valence-electron chi connectivity index (χ4n) is 1.75. The summed E-state index contributed by atoms with van der Waals surface area (Å²) in [5.74, 6) is 0.664. The van der Waals surface area contributed by atoms with Gasteiger partial charge in [0.25, 0.3) is 0 Å². The first-order valence-electron chi connectivity index (χ1n) is 6.90. The summed E-state index contributed by atoms with van der Waals surface area (Å²) in [5, 5.41) is 0. The Hall–Kier alpha value is -1.98. The van der Waals surface area contributed by atoms with Crippen molar-refractivity contribution in [3.63, 3.8) is 0 Å². The van der Waals surface area contributed by atoms with Gasteiger partial charge in [-0.15, -0.1) is 0 Å². The van der Waals surface area contributed by atoms with E-state index in [0.29, 0.717) is 17.4 Å². The van der Waals surface area contributed by atoms with Crippen LogP contribution in [0.3, 0.4) is 0 Å². The van der Waals surface area contributed by atoms with E-state index in [9.17, 15) is 4.79 Å². The van der Waals surface area contributed by atoms with E-state index in [0.717, 1.165) is 19.4 Å². The van der Waals surface area contributed by atoms with Crippen LogP contribution in [-0.4, -0.2) is 30.1 Å². The molecule has 20 heavy (non-hydrogen) atoms. The van der Waals surface area contributed by atoms with Crippen LogP contribution in [0.5, 0.6) is 5.88 Å². The zero-order valence-electron chi connectivity index (χ0n) is 12.4. The number of nitrogens with two attached hydrogens (primary N) is 2. The molecule has 0 atom stereocenters. The minimum atomic E-state index is -0.383. The minimum absolute atomic E-state index is 0.0136. The van der Waals surface area contributed by atoms with E-state index in [4.69, 9.17) is 16.2 Å². The van der Waals surface area contributed by atoms with Crippen molar-refractivity contribution in [1.29, 1.82) is 0 Å². The Bertz CT molecular complexity index is 449. The molecule has 1 aromatic rings. The number of hydrogen-bond acceptors (Lipinski definition) is 5. The summed E-state index contributed by atoms with van der Waals surface area (Å²) >= 11 is 0. The van der Waals surface area contributed by atoms with Gasteiger partial charge in [0.15, 0.2) is 0 Å². The number of hydrogen-bond donors (Lipinski definition) is 2. The second-order valence-corrected chi connectivity index (χ2v) is 4.97. The number of primary amides is 1. The standard InChI is InChI=1S/C14H24N4O2/c1-4-5-8-18(9-12(16)19)13-7-6-11(15)14(17-13)20-10(2)3/h6-7,10H,4-5,8-9,15H2,1-3H3,(H2,16,19). The highest BCUT2D eigenvalue weighted by molar-refractivity contribution is 5.79. The van der Waals surface area contributed by atoms with Gasteiger partial charge in [-0.3, -0.25) is 4.79 Å². The normalized spacial score (nSPS) is 10.6. The Morgan fingerprint density at radius 3 is 2.70 bits per heavy atom. The van der Waals surface area contributed by atoms with Gasteiger partial charge in [0.05, 0.1) is 18.3 Å². The highest BCUT2D eigenvalue weighted by Gasteiger charge is 2.13. The number of carbonyl (C=O) groups is 1. The quantitative estimate of drug-likeness (QED) is 0.753. The molecule has 0 bridgehead atoms. The van der Waals surface area contributed by atoms with Crippen LogP contribution in [0.15, 0.2) is 12.1 Å². The Balaban J connectivity index is 2.96. The Labute approximate surface area is 120 Å². The molecule has 1 heterocycles. The molecule has 0 aliphatic carbocycles. The summed E-state index contributed by atoms with van der Waals surface area (Å²) in [6.45, 7) is 6.76. The first kappa shape index (κ1) is 16.1. The van der Waals surface area contributed by atoms with Gasteiger partial charge in [-0.1, -0.05) is 13.3 Å². The smallest absolute Gasteiger partial charge is 0.239 e. The Morgan fingerprint density at radius 1 is 1.45 bits per heavy atom. The maximum Gasteiger partial charge on any atom is 0.239 e. The molecule has 0 aromatic carbocycles. The maximum absolute atomic E-state index is 11.2. The van der Waals surface area contributed by atoms with Gasteiger partial charge in [-0.05, 0) is 32.4 Å². The van der Waals surface area contributed by atoms with Gasteiger partial charge in [0, 0.05) is 6.54 Å². The van der Waals surface area contributed by atoms with Gasteiger partial charge in [0.1, 0.15) is 5.82 Å². The number of nitrogens with zero attached hydrogens (tertiary/aromatic N) is 2. The third kappa shape index (κ3) is 4.95. The van der Waals surface area contributed by atoms with E-state index in [1.54, 1.807) is 12.1 Å². The number of carbonyl (C=O) groups excluding carboxylic acids is 1. The number of rotatable bonds is 8. The molecule has 0 fully saturated rings. The lowest BCUT2D eigenvalue weighted by molar-refractivity contribution is -0.116. The number of nitrogen functional groups attached to an aromatic ring is 1. The van der Waals surface area contributed by atoms with Crippen molar-refractivity contribution in [2.24, 2.45) is 5.73 Å². The lowest BCUT2D eigenvalue weighted by atomic mass is 10.3. The molecule has 0 saturated carbocycles. The van der Waals surface area contributed by atoms with Crippen LogP contribution in [0.4, 0.5) is 11.5 Å². The molecular weight excluding hydrogens is 256 g/mol. The molecule has 0 aliphatic rings. The molecule has 0 saturated heterocycles. The fourth-order valence-corrected chi connectivity index (χ4v) is 1.75. The molecule has 1 aromatic heterocycles. The molecule has 6 heteroatoms. The van der Waals surface area contributed by atoms with E-state index >= 15 is 0 Å². The van der Waals surface area contributed by atoms with E-state index in [1.807, 2.05) is 18.7 Å². The average molecular weight is 280 g/mol. The number of aromatic nitrogens is 1. The van der Waals surface area contributed by atoms with E-state index < -0.39 is 0 Å². The maximum atomic E-state index is 11.2. The molecular formula is C14H24N4O2. The van der Waals surface area contributed by atoms with Gasteiger partial charge < -0.3 is 21.1 Å². The van der Waals surface area contributed by atoms with Gasteiger partial charge in [0.2, 0.25) is 11.8 Å². The van der Waals surface area contributed by atoms with Gasteiger partial charge in [-0.25, -0.2) is 0 Å². The molecule has 0 radical (unpaired) electrons. The summed E-state index contributed by atoms with van der Waals surface area (Å²) in [7, 11) is 0. The summed E-state index contributed by atoms with van der Waals surface area (Å²) in [5.41, 5.74) is 11.6. The number of amides is 1. The third-order valence-corrected chi connectivity index (χ3v) is 2.67. The van der Waals surface area contributed by atoms with E-state index in [2.05, 4.69) is 11.9 Å². The van der Waals surface area contributed by atoms with Crippen LogP contribution in [0, 0.1) is 0 Å². The third-order valence-electron chi connectivity index (χ3n) is 2.67. The van der Waals surface area contributed by atoms with Crippen LogP contribution in [-0.2, 0) is 4.79 Å². The van der Waals surface area contributed by atoms with Crippen LogP contribution in [0.2, 0.25) is 0 Å². The second-order valence-electron chi connectivity index (χ2n) is 4.97. The van der Waals surface area contributed by atoms with Crippen molar-refractivity contribution in [1.82, 2.24) is 4.98 Å². The monoisotopic (exact) mass is 280 g/mol. The Morgan fingerprint density at radius 2 is 2.15 bits per heavy atom. The van der Waals surface area contributed by atoms with Gasteiger partial charge >= 0.3 is 0 Å². The van der Waals surface area contributed by atoms with Crippen molar-refractivity contribution < 1.29 is 9.53 Å². The minimum Gasteiger partial charge on any atom is -0.473 e. The van der Waals surface area contributed by atoms with Crippen LogP contribution >= 0.6 is 0 Å². The zero-order valence-corrected chi connectivity index (χ0v) is 12.4. The lowest BCUT2D eigenvalue weighted by Crippen LogP contribution is -2.35. The van der Waals surface area contributed by atoms with Crippen molar-refractivity contribution in [3.8, 4) is 5.88 Å². The first-order valence-corrected chi connectivity index (χ1v) is 6.90. The first-order chi connectivity index (χ1) is 9.43. The summed E-state index contributed by atoms with van der Waals surface area (Å²) in [4.78, 5) is 17.4. The second kappa shape index (κ2) is 7.57. The molecule has 6 nitrogen and oxygen atoms in total. The predicted octanol–water partition coefficient (Wildman–Crippen LogP) is 1.54. The molecule has 112 valence electrons. The molecule has 0 spiro atoms. The lowest BCUT2D eigenvalue weighted by Gasteiger charge is -2.23. The molecule has 1 rings (SSSR count). The number of unbranched alkanes of at least 4 members (excludes halogenated alkanes) is 1.